The molecule has 1 N–H and O–H groups in total. The average molecular weight is 332 g/mol. The standard InChI is InChI=1S/C19H28N2O3/c22-19(17-6-10-23-11-7-17)20-18(14-16-4-2-1-3-5-16)15-21-8-12-24-13-9-21/h1-5,17-18H,6-15H2,(H,20,22). The van der Waals surface area contributed by atoms with Gasteiger partial charge < -0.3 is 14.8 Å². The molecular weight excluding hydrogens is 304 g/mol. The van der Waals surface area contributed by atoms with Gasteiger partial charge in [-0.1, -0.05) is 30.3 Å². The van der Waals surface area contributed by atoms with Crippen LogP contribution in [0.1, 0.15) is 18.4 Å². The van der Waals surface area contributed by atoms with E-state index in [1.807, 2.05) is 6.07 Å². The number of rotatable bonds is 6. The molecule has 1 amide bonds. The van der Waals surface area contributed by atoms with Crippen LogP contribution in [0.4, 0.5) is 0 Å². The minimum atomic E-state index is 0.0988. The summed E-state index contributed by atoms with van der Waals surface area (Å²) in [5, 5.41) is 3.31. The molecule has 24 heavy (non-hydrogen) atoms. The highest BCUT2D eigenvalue weighted by molar-refractivity contribution is 5.79. The fourth-order valence-electron chi connectivity index (χ4n) is 3.43. The minimum absolute atomic E-state index is 0.0988. The summed E-state index contributed by atoms with van der Waals surface area (Å²) in [6.07, 6.45) is 2.54. The fraction of sp³-hybridized carbons (Fsp3) is 0.632. The van der Waals surface area contributed by atoms with Crippen molar-refractivity contribution in [2.24, 2.45) is 5.92 Å². The maximum atomic E-state index is 12.6. The first-order chi connectivity index (χ1) is 11.8. The zero-order chi connectivity index (χ0) is 16.6. The summed E-state index contributed by atoms with van der Waals surface area (Å²) < 4.78 is 10.8. The van der Waals surface area contributed by atoms with Gasteiger partial charge in [-0.15, -0.1) is 0 Å². The van der Waals surface area contributed by atoms with Gasteiger partial charge in [0.15, 0.2) is 0 Å². The molecule has 132 valence electrons. The fourth-order valence-corrected chi connectivity index (χ4v) is 3.43. The second-order valence-corrected chi connectivity index (χ2v) is 6.69. The monoisotopic (exact) mass is 332 g/mol. The second kappa shape index (κ2) is 9.16. The number of benzene rings is 1. The summed E-state index contributed by atoms with van der Waals surface area (Å²) >= 11 is 0. The molecule has 1 unspecified atom stereocenters. The highest BCUT2D eigenvalue weighted by Crippen LogP contribution is 2.15. The summed E-state index contributed by atoms with van der Waals surface area (Å²) in [7, 11) is 0. The highest BCUT2D eigenvalue weighted by atomic mass is 16.5. The molecule has 1 aromatic rings. The maximum absolute atomic E-state index is 12.6. The predicted octanol–water partition coefficient (Wildman–Crippen LogP) is 1.47. The quantitative estimate of drug-likeness (QED) is 0.857. The lowest BCUT2D eigenvalue weighted by atomic mass is 9.98. The zero-order valence-corrected chi connectivity index (χ0v) is 14.3. The molecule has 3 rings (SSSR count). The second-order valence-electron chi connectivity index (χ2n) is 6.69. The minimum Gasteiger partial charge on any atom is -0.381 e. The molecule has 2 aliphatic rings. The topological polar surface area (TPSA) is 50.8 Å². The summed E-state index contributed by atoms with van der Waals surface area (Å²) in [4.78, 5) is 15.0. The van der Waals surface area contributed by atoms with Crippen LogP contribution in [0.15, 0.2) is 30.3 Å². The molecule has 0 saturated carbocycles. The van der Waals surface area contributed by atoms with Crippen LogP contribution in [0.2, 0.25) is 0 Å². The van der Waals surface area contributed by atoms with E-state index in [9.17, 15) is 4.79 Å². The molecule has 0 radical (unpaired) electrons. The van der Waals surface area contributed by atoms with Crippen molar-refractivity contribution in [3.8, 4) is 0 Å². The Bertz CT molecular complexity index is 497. The van der Waals surface area contributed by atoms with Crippen molar-refractivity contribution in [1.82, 2.24) is 10.2 Å². The van der Waals surface area contributed by atoms with Gasteiger partial charge in [0, 0.05) is 44.8 Å². The first-order valence-electron chi connectivity index (χ1n) is 9.03. The smallest absolute Gasteiger partial charge is 0.223 e. The van der Waals surface area contributed by atoms with Gasteiger partial charge in [0.2, 0.25) is 5.91 Å². The van der Waals surface area contributed by atoms with Gasteiger partial charge in [-0.2, -0.15) is 0 Å². The van der Waals surface area contributed by atoms with Crippen molar-refractivity contribution in [2.45, 2.75) is 25.3 Å². The molecule has 0 bridgehead atoms. The van der Waals surface area contributed by atoms with Crippen molar-refractivity contribution in [2.75, 3.05) is 46.1 Å². The van der Waals surface area contributed by atoms with Gasteiger partial charge in [-0.05, 0) is 24.8 Å². The highest BCUT2D eigenvalue weighted by Gasteiger charge is 2.25. The van der Waals surface area contributed by atoms with Crippen molar-refractivity contribution >= 4 is 5.91 Å². The van der Waals surface area contributed by atoms with E-state index in [1.54, 1.807) is 0 Å². The first kappa shape index (κ1) is 17.4. The van der Waals surface area contributed by atoms with Crippen LogP contribution >= 0.6 is 0 Å². The van der Waals surface area contributed by atoms with Crippen LogP contribution in [0.25, 0.3) is 0 Å². The number of carbonyl (C=O) groups is 1. The molecule has 2 saturated heterocycles. The van der Waals surface area contributed by atoms with E-state index in [0.29, 0.717) is 13.2 Å². The number of morpholine rings is 1. The Kier molecular flexibility index (Phi) is 6.64. The molecule has 0 spiro atoms. The van der Waals surface area contributed by atoms with Gasteiger partial charge in [-0.25, -0.2) is 0 Å². The van der Waals surface area contributed by atoms with E-state index in [2.05, 4.69) is 34.5 Å². The predicted molar refractivity (Wildman–Crippen MR) is 92.9 cm³/mol. The third-order valence-electron chi connectivity index (χ3n) is 4.85. The molecule has 5 nitrogen and oxygen atoms in total. The number of ether oxygens (including phenoxy) is 2. The number of nitrogens with one attached hydrogen (secondary N) is 1. The van der Waals surface area contributed by atoms with Gasteiger partial charge >= 0.3 is 0 Å². The molecule has 2 heterocycles. The van der Waals surface area contributed by atoms with Gasteiger partial charge in [-0.3, -0.25) is 9.69 Å². The summed E-state index contributed by atoms with van der Waals surface area (Å²) in [6, 6.07) is 10.5. The number of amides is 1. The van der Waals surface area contributed by atoms with Crippen LogP contribution in [-0.2, 0) is 20.7 Å². The Hall–Kier alpha value is -1.43. The Balaban J connectivity index is 1.60. The van der Waals surface area contributed by atoms with Crippen molar-refractivity contribution in [3.63, 3.8) is 0 Å². The SMILES string of the molecule is O=C(NC(Cc1ccccc1)CN1CCOCC1)C1CCOCC1. The molecule has 0 aliphatic carbocycles. The van der Waals surface area contributed by atoms with Crippen LogP contribution in [0.3, 0.4) is 0 Å². The largest absolute Gasteiger partial charge is 0.381 e. The van der Waals surface area contributed by atoms with E-state index in [4.69, 9.17) is 9.47 Å². The molecule has 1 atom stereocenters. The summed E-state index contributed by atoms with van der Waals surface area (Å²) in [5.74, 6) is 0.286. The van der Waals surface area contributed by atoms with Crippen molar-refractivity contribution in [3.05, 3.63) is 35.9 Å². The van der Waals surface area contributed by atoms with Crippen molar-refractivity contribution < 1.29 is 14.3 Å². The molecule has 2 fully saturated rings. The molecule has 0 aromatic heterocycles. The maximum Gasteiger partial charge on any atom is 0.223 e. The first-order valence-corrected chi connectivity index (χ1v) is 9.03. The lowest BCUT2D eigenvalue weighted by molar-refractivity contribution is -0.128. The Morgan fingerprint density at radius 3 is 2.46 bits per heavy atom. The number of hydrogen-bond acceptors (Lipinski definition) is 4. The van der Waals surface area contributed by atoms with Crippen LogP contribution in [0.5, 0.6) is 0 Å². The van der Waals surface area contributed by atoms with Gasteiger partial charge in [0.05, 0.1) is 13.2 Å². The number of hydrogen-bond donors (Lipinski definition) is 1. The summed E-state index contributed by atoms with van der Waals surface area (Å²) in [5.41, 5.74) is 1.27. The van der Waals surface area contributed by atoms with Crippen LogP contribution in [-0.4, -0.2) is 62.9 Å². The van der Waals surface area contributed by atoms with E-state index < -0.39 is 0 Å². The van der Waals surface area contributed by atoms with Crippen molar-refractivity contribution in [1.29, 1.82) is 0 Å². The Morgan fingerprint density at radius 1 is 1.08 bits per heavy atom. The van der Waals surface area contributed by atoms with E-state index in [1.165, 1.54) is 5.56 Å². The van der Waals surface area contributed by atoms with Gasteiger partial charge in [0.25, 0.3) is 0 Å². The molecule has 2 aliphatic heterocycles. The average Bonchev–Trinajstić information content (AvgIpc) is 2.64. The summed E-state index contributed by atoms with van der Waals surface area (Å²) in [6.45, 7) is 5.73. The van der Waals surface area contributed by atoms with Crippen LogP contribution < -0.4 is 5.32 Å². The third kappa shape index (κ3) is 5.30. The number of nitrogens with zero attached hydrogens (tertiary/aromatic N) is 1. The molecule has 1 aromatic carbocycles. The number of carbonyl (C=O) groups excluding carboxylic acids is 1. The molecular formula is C19H28N2O3. The van der Waals surface area contributed by atoms with E-state index >= 15 is 0 Å². The van der Waals surface area contributed by atoms with E-state index in [-0.39, 0.29) is 17.9 Å². The van der Waals surface area contributed by atoms with E-state index in [0.717, 1.165) is 52.1 Å². The third-order valence-corrected chi connectivity index (χ3v) is 4.85. The molecule has 5 heteroatoms. The lowest BCUT2D eigenvalue weighted by Crippen LogP contribution is -2.50. The normalized spacial score (nSPS) is 21.3. The zero-order valence-electron chi connectivity index (χ0n) is 14.3. The Labute approximate surface area is 144 Å². The lowest BCUT2D eigenvalue weighted by Gasteiger charge is -2.32. The Morgan fingerprint density at radius 2 is 1.75 bits per heavy atom. The van der Waals surface area contributed by atoms with Gasteiger partial charge in [0.1, 0.15) is 0 Å². The van der Waals surface area contributed by atoms with Crippen LogP contribution in [0, 0.1) is 5.92 Å².